The minimum Gasteiger partial charge on any atom is -0.206 e. The standard InChI is InChI=1S/C16H14BrNO2S2/c1-18(22(19,20)16-9-8-15(17)21-16)11-12-6-7-13-4-2-3-5-14(13)10-12/h2-10H,11H2,1H3. The Bertz CT molecular complexity index is 919. The van der Waals surface area contributed by atoms with Crippen molar-refractivity contribution < 1.29 is 8.42 Å². The van der Waals surface area contributed by atoms with Gasteiger partial charge in [0.2, 0.25) is 0 Å². The fourth-order valence-electron chi connectivity index (χ4n) is 2.27. The van der Waals surface area contributed by atoms with Crippen LogP contribution in [0.5, 0.6) is 0 Å². The second-order valence-electron chi connectivity index (χ2n) is 5.00. The third kappa shape index (κ3) is 3.10. The maximum Gasteiger partial charge on any atom is 0.252 e. The SMILES string of the molecule is CN(Cc1ccc2ccccc2c1)S(=O)(=O)c1ccc(Br)s1. The molecule has 3 aromatic rings. The van der Waals surface area contributed by atoms with Crippen LogP contribution >= 0.6 is 27.3 Å². The normalized spacial score (nSPS) is 12.1. The lowest BCUT2D eigenvalue weighted by atomic mass is 10.1. The molecule has 0 spiro atoms. The van der Waals surface area contributed by atoms with Crippen LogP contribution in [0.25, 0.3) is 10.8 Å². The molecule has 0 saturated carbocycles. The molecule has 2 aromatic carbocycles. The molecule has 0 N–H and O–H groups in total. The zero-order chi connectivity index (χ0) is 15.7. The molecule has 3 nitrogen and oxygen atoms in total. The lowest BCUT2D eigenvalue weighted by Gasteiger charge is -2.16. The monoisotopic (exact) mass is 395 g/mol. The summed E-state index contributed by atoms with van der Waals surface area (Å²) in [7, 11) is -1.84. The van der Waals surface area contributed by atoms with Gasteiger partial charge in [0.25, 0.3) is 10.0 Å². The number of thiophene rings is 1. The average Bonchev–Trinajstić information content (AvgIpc) is 2.94. The van der Waals surface area contributed by atoms with Crippen LogP contribution in [0.1, 0.15) is 5.56 Å². The number of hydrogen-bond acceptors (Lipinski definition) is 3. The summed E-state index contributed by atoms with van der Waals surface area (Å²) in [5.74, 6) is 0. The van der Waals surface area contributed by atoms with Gasteiger partial charge in [-0.25, -0.2) is 8.42 Å². The summed E-state index contributed by atoms with van der Waals surface area (Å²) < 4.78 is 27.6. The van der Waals surface area contributed by atoms with Crippen LogP contribution in [0.4, 0.5) is 0 Å². The predicted molar refractivity (Wildman–Crippen MR) is 94.6 cm³/mol. The van der Waals surface area contributed by atoms with Gasteiger partial charge in [-0.1, -0.05) is 36.4 Å². The fourth-order valence-corrected chi connectivity index (χ4v) is 5.65. The van der Waals surface area contributed by atoms with E-state index in [1.807, 2.05) is 42.5 Å². The largest absolute Gasteiger partial charge is 0.252 e. The van der Waals surface area contributed by atoms with E-state index in [1.54, 1.807) is 19.2 Å². The molecular weight excluding hydrogens is 382 g/mol. The van der Waals surface area contributed by atoms with E-state index in [1.165, 1.54) is 15.6 Å². The van der Waals surface area contributed by atoms with Crippen LogP contribution in [0.3, 0.4) is 0 Å². The molecule has 0 atom stereocenters. The maximum atomic E-state index is 12.5. The molecule has 0 fully saturated rings. The van der Waals surface area contributed by atoms with Crippen LogP contribution in [-0.2, 0) is 16.6 Å². The Balaban J connectivity index is 1.87. The van der Waals surface area contributed by atoms with Gasteiger partial charge in [0.1, 0.15) is 4.21 Å². The summed E-state index contributed by atoms with van der Waals surface area (Å²) in [6.07, 6.45) is 0. The molecule has 0 saturated heterocycles. The molecule has 1 aromatic heterocycles. The molecule has 22 heavy (non-hydrogen) atoms. The van der Waals surface area contributed by atoms with Crippen molar-refractivity contribution in [1.82, 2.24) is 4.31 Å². The Morgan fingerprint density at radius 2 is 1.77 bits per heavy atom. The lowest BCUT2D eigenvalue weighted by molar-refractivity contribution is 0.468. The first-order chi connectivity index (χ1) is 10.5. The van der Waals surface area contributed by atoms with Crippen LogP contribution in [0, 0.1) is 0 Å². The van der Waals surface area contributed by atoms with Gasteiger partial charge in [0, 0.05) is 13.6 Å². The molecule has 0 bridgehead atoms. The molecule has 0 aliphatic rings. The number of hydrogen-bond donors (Lipinski definition) is 0. The van der Waals surface area contributed by atoms with E-state index in [4.69, 9.17) is 0 Å². The molecule has 0 amide bonds. The van der Waals surface area contributed by atoms with E-state index < -0.39 is 10.0 Å². The van der Waals surface area contributed by atoms with Gasteiger partial charge in [0.05, 0.1) is 3.79 Å². The molecule has 1 heterocycles. The third-order valence-electron chi connectivity index (χ3n) is 3.43. The highest BCUT2D eigenvalue weighted by molar-refractivity contribution is 9.11. The van der Waals surface area contributed by atoms with Crippen molar-refractivity contribution in [3.8, 4) is 0 Å². The topological polar surface area (TPSA) is 37.4 Å². The Hall–Kier alpha value is -1.21. The Labute approximate surface area is 142 Å². The van der Waals surface area contributed by atoms with Crippen molar-refractivity contribution in [2.24, 2.45) is 0 Å². The minimum absolute atomic E-state index is 0.350. The summed E-state index contributed by atoms with van der Waals surface area (Å²) in [5.41, 5.74) is 0.973. The van der Waals surface area contributed by atoms with Crippen molar-refractivity contribution >= 4 is 48.1 Å². The Morgan fingerprint density at radius 3 is 2.45 bits per heavy atom. The Kier molecular flexibility index (Phi) is 4.36. The molecule has 3 rings (SSSR count). The molecule has 114 valence electrons. The first-order valence-corrected chi connectivity index (χ1v) is 9.71. The minimum atomic E-state index is -3.45. The summed E-state index contributed by atoms with van der Waals surface area (Å²) >= 11 is 4.53. The highest BCUT2D eigenvalue weighted by Gasteiger charge is 2.22. The molecule has 0 aliphatic carbocycles. The van der Waals surface area contributed by atoms with Crippen molar-refractivity contribution in [1.29, 1.82) is 0 Å². The summed E-state index contributed by atoms with van der Waals surface area (Å²) in [6, 6.07) is 17.5. The lowest BCUT2D eigenvalue weighted by Crippen LogP contribution is -2.25. The van der Waals surface area contributed by atoms with Crippen LogP contribution < -0.4 is 0 Å². The van der Waals surface area contributed by atoms with E-state index in [9.17, 15) is 8.42 Å². The fraction of sp³-hybridized carbons (Fsp3) is 0.125. The van der Waals surface area contributed by atoms with Crippen molar-refractivity contribution in [2.75, 3.05) is 7.05 Å². The predicted octanol–water partition coefficient (Wildman–Crippen LogP) is 4.48. The summed E-state index contributed by atoms with van der Waals surface area (Å²) in [4.78, 5) is 0. The highest BCUT2D eigenvalue weighted by Crippen LogP contribution is 2.28. The van der Waals surface area contributed by atoms with Crippen molar-refractivity contribution in [3.63, 3.8) is 0 Å². The smallest absolute Gasteiger partial charge is 0.206 e. The number of benzene rings is 2. The van der Waals surface area contributed by atoms with Gasteiger partial charge in [-0.2, -0.15) is 4.31 Å². The molecular formula is C16H14BrNO2S2. The van der Waals surface area contributed by atoms with Gasteiger partial charge in [-0.15, -0.1) is 11.3 Å². The summed E-state index contributed by atoms with van der Waals surface area (Å²) in [5, 5.41) is 2.27. The van der Waals surface area contributed by atoms with Gasteiger partial charge in [0.15, 0.2) is 0 Å². The zero-order valence-corrected chi connectivity index (χ0v) is 15.1. The number of fused-ring (bicyclic) bond motifs is 1. The first-order valence-electron chi connectivity index (χ1n) is 6.66. The molecule has 0 radical (unpaired) electrons. The van der Waals surface area contributed by atoms with E-state index in [2.05, 4.69) is 15.9 Å². The molecule has 0 aliphatic heterocycles. The number of halogens is 1. The number of sulfonamides is 1. The number of nitrogens with zero attached hydrogens (tertiary/aromatic N) is 1. The van der Waals surface area contributed by atoms with Gasteiger partial charge < -0.3 is 0 Å². The summed E-state index contributed by atoms with van der Waals surface area (Å²) in [6.45, 7) is 0.350. The van der Waals surface area contributed by atoms with E-state index in [0.717, 1.165) is 20.1 Å². The highest BCUT2D eigenvalue weighted by atomic mass is 79.9. The van der Waals surface area contributed by atoms with Crippen molar-refractivity contribution in [2.45, 2.75) is 10.8 Å². The van der Waals surface area contributed by atoms with E-state index in [-0.39, 0.29) is 0 Å². The quantitative estimate of drug-likeness (QED) is 0.652. The molecule has 6 heteroatoms. The second kappa shape index (κ2) is 6.12. The van der Waals surface area contributed by atoms with Gasteiger partial charge in [-0.3, -0.25) is 0 Å². The van der Waals surface area contributed by atoms with Crippen LogP contribution in [0.2, 0.25) is 0 Å². The number of rotatable bonds is 4. The third-order valence-corrected chi connectivity index (χ3v) is 7.33. The average molecular weight is 396 g/mol. The van der Waals surface area contributed by atoms with E-state index in [0.29, 0.717) is 10.8 Å². The second-order valence-corrected chi connectivity index (χ2v) is 9.74. The zero-order valence-electron chi connectivity index (χ0n) is 11.9. The Morgan fingerprint density at radius 1 is 1.05 bits per heavy atom. The van der Waals surface area contributed by atoms with Crippen LogP contribution in [0.15, 0.2) is 62.6 Å². The maximum absolute atomic E-state index is 12.5. The van der Waals surface area contributed by atoms with Gasteiger partial charge >= 0.3 is 0 Å². The van der Waals surface area contributed by atoms with E-state index >= 15 is 0 Å². The van der Waals surface area contributed by atoms with Gasteiger partial charge in [-0.05, 0) is 50.5 Å². The molecule has 0 unspecified atom stereocenters. The first kappa shape index (κ1) is 15.7. The van der Waals surface area contributed by atoms with Crippen molar-refractivity contribution in [3.05, 3.63) is 63.9 Å². The van der Waals surface area contributed by atoms with Crippen LogP contribution in [-0.4, -0.2) is 19.8 Å².